The van der Waals surface area contributed by atoms with Gasteiger partial charge in [0.15, 0.2) is 0 Å². The van der Waals surface area contributed by atoms with Crippen LogP contribution in [0.4, 0.5) is 0 Å². The van der Waals surface area contributed by atoms with Crippen LogP contribution in [0.3, 0.4) is 0 Å². The molecular formula is C26H42NO3S+. The number of unbranched alkanes of at least 4 members (excludes halogenated alkanes) is 3. The zero-order chi connectivity index (χ0) is 23.2. The Bertz CT molecular complexity index is 796. The van der Waals surface area contributed by atoms with Gasteiger partial charge in [-0.15, -0.1) is 0 Å². The summed E-state index contributed by atoms with van der Waals surface area (Å²) in [6, 6.07) is 17.1. The molecule has 0 aliphatic carbocycles. The minimum atomic E-state index is -4.02. The van der Waals surface area contributed by atoms with Gasteiger partial charge in [0.2, 0.25) is 0 Å². The van der Waals surface area contributed by atoms with E-state index >= 15 is 0 Å². The Labute approximate surface area is 190 Å². The summed E-state index contributed by atoms with van der Waals surface area (Å²) in [4.78, 5) is -0.0666. The third-order valence-electron chi connectivity index (χ3n) is 5.64. The molecule has 174 valence electrons. The molecule has 2 rings (SSSR count). The predicted molar refractivity (Wildman–Crippen MR) is 131 cm³/mol. The zero-order valence-electron chi connectivity index (χ0n) is 19.9. The molecular weight excluding hydrogens is 406 g/mol. The fraction of sp³-hybridized carbons (Fsp3) is 0.538. The summed E-state index contributed by atoms with van der Waals surface area (Å²) < 4.78 is 30.9. The Balaban J connectivity index is 0.000000367. The van der Waals surface area contributed by atoms with E-state index in [1.807, 2.05) is 6.92 Å². The Morgan fingerprint density at radius 2 is 1.19 bits per heavy atom. The van der Waals surface area contributed by atoms with Crippen LogP contribution in [0, 0.1) is 6.92 Å². The van der Waals surface area contributed by atoms with E-state index in [9.17, 15) is 8.42 Å². The van der Waals surface area contributed by atoms with Crippen molar-refractivity contribution < 1.29 is 17.5 Å². The third kappa shape index (κ3) is 10.9. The van der Waals surface area contributed by atoms with Crippen molar-refractivity contribution in [3.63, 3.8) is 0 Å². The number of benzene rings is 2. The topological polar surface area (TPSA) is 54.4 Å². The van der Waals surface area contributed by atoms with Crippen LogP contribution < -0.4 is 0 Å². The average molecular weight is 449 g/mol. The molecule has 0 aliphatic heterocycles. The molecule has 0 fully saturated rings. The van der Waals surface area contributed by atoms with Crippen LogP contribution >= 0.6 is 0 Å². The minimum absolute atomic E-state index is 0.0666. The molecule has 5 heteroatoms. The van der Waals surface area contributed by atoms with Crippen molar-refractivity contribution in [3.05, 3.63) is 65.7 Å². The molecule has 0 atom stereocenters. The largest absolute Gasteiger partial charge is 0.320 e. The van der Waals surface area contributed by atoms with E-state index in [1.165, 1.54) is 86.9 Å². The number of hydrogen-bond donors (Lipinski definition) is 1. The first-order valence-electron chi connectivity index (χ1n) is 11.7. The second-order valence-corrected chi connectivity index (χ2v) is 9.93. The predicted octanol–water partition coefficient (Wildman–Crippen LogP) is 6.65. The molecule has 0 saturated heterocycles. The van der Waals surface area contributed by atoms with Crippen LogP contribution in [0.25, 0.3) is 0 Å². The van der Waals surface area contributed by atoms with E-state index in [1.54, 1.807) is 12.1 Å². The van der Waals surface area contributed by atoms with Crippen LogP contribution in [0.1, 0.15) is 70.4 Å². The van der Waals surface area contributed by atoms with E-state index in [-0.39, 0.29) is 4.90 Å². The third-order valence-corrected chi connectivity index (χ3v) is 6.51. The van der Waals surface area contributed by atoms with Crippen molar-refractivity contribution in [2.75, 3.05) is 19.6 Å². The summed E-state index contributed by atoms with van der Waals surface area (Å²) in [5.74, 6) is 0. The fourth-order valence-corrected chi connectivity index (χ4v) is 4.21. The molecule has 0 aromatic heterocycles. The first-order chi connectivity index (χ1) is 14.8. The first kappa shape index (κ1) is 27.3. The monoisotopic (exact) mass is 448 g/mol. The number of aryl methyl sites for hydroxylation is 1. The number of nitrogens with zero attached hydrogens (tertiary/aromatic N) is 1. The Morgan fingerprint density at radius 3 is 1.58 bits per heavy atom. The number of rotatable bonds is 12. The fourth-order valence-electron chi connectivity index (χ4n) is 3.73. The standard InChI is InChI=1S/C19H34N.C7H8O3S/c1-4-7-15-20(16-8-5-2,17-9-6-3)18-19-13-11-10-12-14-19;1-6-2-4-7(5-3-6)11(8,9)10/h10-14H,4-9,15-18H2,1-3H3;2-5H,1H3,(H,8,9,10)/q+1;. The molecule has 31 heavy (non-hydrogen) atoms. The second kappa shape index (κ2) is 14.4. The summed E-state index contributed by atoms with van der Waals surface area (Å²) in [7, 11) is -4.02. The van der Waals surface area contributed by atoms with Gasteiger partial charge < -0.3 is 4.48 Å². The van der Waals surface area contributed by atoms with Crippen molar-refractivity contribution in [1.82, 2.24) is 0 Å². The highest BCUT2D eigenvalue weighted by molar-refractivity contribution is 7.85. The van der Waals surface area contributed by atoms with Crippen molar-refractivity contribution in [2.24, 2.45) is 0 Å². The van der Waals surface area contributed by atoms with Crippen LogP contribution in [-0.2, 0) is 16.7 Å². The normalized spacial score (nSPS) is 11.6. The van der Waals surface area contributed by atoms with E-state index in [2.05, 4.69) is 51.1 Å². The lowest BCUT2D eigenvalue weighted by Crippen LogP contribution is -2.49. The Hall–Kier alpha value is -1.69. The zero-order valence-corrected chi connectivity index (χ0v) is 20.7. The van der Waals surface area contributed by atoms with Crippen LogP contribution in [0.2, 0.25) is 0 Å². The van der Waals surface area contributed by atoms with Crippen molar-refractivity contribution in [3.8, 4) is 0 Å². The van der Waals surface area contributed by atoms with Gasteiger partial charge in [0.25, 0.3) is 10.1 Å². The maximum absolute atomic E-state index is 10.5. The van der Waals surface area contributed by atoms with Gasteiger partial charge in [-0.2, -0.15) is 8.42 Å². The lowest BCUT2D eigenvalue weighted by molar-refractivity contribution is -0.941. The van der Waals surface area contributed by atoms with Crippen molar-refractivity contribution >= 4 is 10.1 Å². The highest BCUT2D eigenvalue weighted by Gasteiger charge is 2.26. The van der Waals surface area contributed by atoms with Gasteiger partial charge in [-0.1, -0.05) is 88.1 Å². The smallest absolute Gasteiger partial charge is 0.294 e. The SMILES string of the molecule is CCCC[N+](CCCC)(CCCC)Cc1ccccc1.Cc1ccc(S(=O)(=O)O)cc1. The van der Waals surface area contributed by atoms with Crippen molar-refractivity contribution in [1.29, 1.82) is 0 Å². The lowest BCUT2D eigenvalue weighted by Gasteiger charge is -2.39. The van der Waals surface area contributed by atoms with E-state index < -0.39 is 10.1 Å². The van der Waals surface area contributed by atoms with E-state index in [0.717, 1.165) is 5.56 Å². The van der Waals surface area contributed by atoms with E-state index in [0.29, 0.717) is 0 Å². The molecule has 0 spiro atoms. The van der Waals surface area contributed by atoms with Gasteiger partial charge in [-0.25, -0.2) is 0 Å². The molecule has 0 aliphatic rings. The van der Waals surface area contributed by atoms with Gasteiger partial charge in [0.05, 0.1) is 24.5 Å². The molecule has 0 radical (unpaired) electrons. The van der Waals surface area contributed by atoms with Gasteiger partial charge in [0, 0.05) is 5.56 Å². The van der Waals surface area contributed by atoms with Gasteiger partial charge in [-0.05, 0) is 38.3 Å². The summed E-state index contributed by atoms with van der Waals surface area (Å²) in [5.41, 5.74) is 2.47. The highest BCUT2D eigenvalue weighted by Crippen LogP contribution is 2.20. The molecule has 1 N–H and O–H groups in total. The Morgan fingerprint density at radius 1 is 0.742 bits per heavy atom. The maximum Gasteiger partial charge on any atom is 0.294 e. The molecule has 0 heterocycles. The van der Waals surface area contributed by atoms with Crippen molar-refractivity contribution in [2.45, 2.75) is 77.7 Å². The average Bonchev–Trinajstić information content (AvgIpc) is 2.75. The summed E-state index contributed by atoms with van der Waals surface area (Å²) >= 11 is 0. The summed E-state index contributed by atoms with van der Waals surface area (Å²) in [6.07, 6.45) is 8.02. The van der Waals surface area contributed by atoms with Gasteiger partial charge >= 0.3 is 0 Å². The quantitative estimate of drug-likeness (QED) is 0.292. The second-order valence-electron chi connectivity index (χ2n) is 8.50. The van der Waals surface area contributed by atoms with Gasteiger partial charge in [0.1, 0.15) is 6.54 Å². The first-order valence-corrected chi connectivity index (χ1v) is 13.1. The molecule has 2 aromatic carbocycles. The summed E-state index contributed by atoms with van der Waals surface area (Å²) in [5, 5.41) is 0. The molecule has 2 aromatic rings. The molecule has 4 nitrogen and oxygen atoms in total. The minimum Gasteiger partial charge on any atom is -0.320 e. The lowest BCUT2D eigenvalue weighted by atomic mass is 10.1. The highest BCUT2D eigenvalue weighted by atomic mass is 32.2. The van der Waals surface area contributed by atoms with Crippen LogP contribution in [0.5, 0.6) is 0 Å². The van der Waals surface area contributed by atoms with E-state index in [4.69, 9.17) is 4.55 Å². The molecule has 0 amide bonds. The number of hydrogen-bond acceptors (Lipinski definition) is 2. The summed E-state index contributed by atoms with van der Waals surface area (Å²) in [6.45, 7) is 14.1. The van der Waals surface area contributed by atoms with Gasteiger partial charge in [-0.3, -0.25) is 4.55 Å². The molecule has 0 saturated carbocycles. The molecule has 0 unspecified atom stereocenters. The maximum atomic E-state index is 10.5. The number of quaternary nitrogens is 1. The van der Waals surface area contributed by atoms with Crippen LogP contribution in [-0.4, -0.2) is 37.1 Å². The Kier molecular flexibility index (Phi) is 12.7. The molecule has 0 bridgehead atoms. The van der Waals surface area contributed by atoms with Crippen LogP contribution in [0.15, 0.2) is 59.5 Å².